The van der Waals surface area contributed by atoms with Crippen molar-refractivity contribution in [3.63, 3.8) is 0 Å². The Labute approximate surface area is 173 Å². The number of nitrogens with one attached hydrogen (secondary N) is 1. The summed E-state index contributed by atoms with van der Waals surface area (Å²) in [7, 11) is 0. The highest BCUT2D eigenvalue weighted by Gasteiger charge is 2.34. The highest BCUT2D eigenvalue weighted by atomic mass is 16.5. The second-order valence-electron chi connectivity index (χ2n) is 7.36. The number of carbonyl (C=O) groups is 2. The van der Waals surface area contributed by atoms with Gasteiger partial charge < -0.3 is 15.0 Å². The van der Waals surface area contributed by atoms with E-state index < -0.39 is 0 Å². The van der Waals surface area contributed by atoms with Crippen molar-refractivity contribution in [2.24, 2.45) is 0 Å². The van der Waals surface area contributed by atoms with Gasteiger partial charge in [-0.1, -0.05) is 37.3 Å². The van der Waals surface area contributed by atoms with Crippen LogP contribution in [0.2, 0.25) is 0 Å². The molecule has 5 nitrogen and oxygen atoms in total. The number of ether oxygens (including phenoxy) is 1. The van der Waals surface area contributed by atoms with Crippen LogP contribution < -0.4 is 10.1 Å². The molecule has 0 spiro atoms. The lowest BCUT2D eigenvalue weighted by Gasteiger charge is -2.31. The molecule has 0 bridgehead atoms. The molecule has 3 rings (SSSR count). The van der Waals surface area contributed by atoms with E-state index in [1.165, 1.54) is 5.56 Å². The lowest BCUT2D eigenvalue weighted by atomic mass is 9.87. The first-order chi connectivity index (χ1) is 14.1. The van der Waals surface area contributed by atoms with Gasteiger partial charge in [-0.05, 0) is 56.0 Å². The van der Waals surface area contributed by atoms with E-state index in [2.05, 4.69) is 36.5 Å². The molecular formula is C24H30N2O3. The van der Waals surface area contributed by atoms with E-state index in [1.807, 2.05) is 17.9 Å². The molecule has 1 fully saturated rings. The van der Waals surface area contributed by atoms with Crippen molar-refractivity contribution in [1.29, 1.82) is 0 Å². The zero-order valence-electron chi connectivity index (χ0n) is 17.3. The molecule has 1 saturated heterocycles. The molecule has 1 aliphatic rings. The van der Waals surface area contributed by atoms with Crippen molar-refractivity contribution in [2.45, 2.75) is 45.1 Å². The van der Waals surface area contributed by atoms with Crippen LogP contribution in [0.25, 0.3) is 0 Å². The maximum atomic E-state index is 12.9. The van der Waals surface area contributed by atoms with Gasteiger partial charge in [0.15, 0.2) is 0 Å². The van der Waals surface area contributed by atoms with Crippen LogP contribution in [0.1, 0.15) is 54.9 Å². The number of benzene rings is 2. The van der Waals surface area contributed by atoms with Crippen LogP contribution in [0.15, 0.2) is 54.6 Å². The minimum Gasteiger partial charge on any atom is -0.494 e. The maximum Gasteiger partial charge on any atom is 0.251 e. The fourth-order valence-corrected chi connectivity index (χ4v) is 4.18. The van der Waals surface area contributed by atoms with Crippen LogP contribution in [0.3, 0.4) is 0 Å². The van der Waals surface area contributed by atoms with E-state index in [4.69, 9.17) is 4.74 Å². The van der Waals surface area contributed by atoms with Crippen molar-refractivity contribution < 1.29 is 14.3 Å². The first-order valence-electron chi connectivity index (χ1n) is 10.5. The zero-order chi connectivity index (χ0) is 20.6. The summed E-state index contributed by atoms with van der Waals surface area (Å²) in [5.74, 6) is 0.796. The SMILES string of the molecule is CCOc1ccc(C(=O)NCC(=O)N2CCCC2C(CC)c2ccccc2)cc1. The Morgan fingerprint density at radius 1 is 1.10 bits per heavy atom. The molecule has 29 heavy (non-hydrogen) atoms. The molecule has 0 aromatic heterocycles. The minimum absolute atomic E-state index is 0.0128. The number of rotatable bonds is 8. The number of hydrogen-bond acceptors (Lipinski definition) is 3. The van der Waals surface area contributed by atoms with Crippen LogP contribution in [0, 0.1) is 0 Å². The van der Waals surface area contributed by atoms with Gasteiger partial charge in [0.2, 0.25) is 5.91 Å². The van der Waals surface area contributed by atoms with E-state index in [-0.39, 0.29) is 24.4 Å². The summed E-state index contributed by atoms with van der Waals surface area (Å²) in [6.07, 6.45) is 3.00. The molecule has 5 heteroatoms. The van der Waals surface area contributed by atoms with Gasteiger partial charge in [0.1, 0.15) is 5.75 Å². The Balaban J connectivity index is 1.59. The third-order valence-corrected chi connectivity index (χ3v) is 5.58. The summed E-state index contributed by atoms with van der Waals surface area (Å²) < 4.78 is 5.40. The third kappa shape index (κ3) is 5.17. The van der Waals surface area contributed by atoms with E-state index in [0.717, 1.165) is 31.6 Å². The standard InChI is InChI=1S/C24H30N2O3/c1-3-21(18-9-6-5-7-10-18)22-11-8-16-26(22)23(27)17-25-24(28)19-12-14-20(15-13-19)29-4-2/h5-7,9-10,12-15,21-22H,3-4,8,11,16-17H2,1-2H3,(H,25,28). The number of hydrogen-bond donors (Lipinski definition) is 1. The van der Waals surface area contributed by atoms with E-state index in [1.54, 1.807) is 24.3 Å². The first kappa shape index (κ1) is 20.9. The number of amides is 2. The number of nitrogens with zero attached hydrogens (tertiary/aromatic N) is 1. The molecule has 154 valence electrons. The molecule has 0 aliphatic carbocycles. The Morgan fingerprint density at radius 2 is 1.83 bits per heavy atom. The molecule has 2 unspecified atom stereocenters. The van der Waals surface area contributed by atoms with Gasteiger partial charge in [0, 0.05) is 24.1 Å². The predicted octanol–water partition coefficient (Wildman–Crippen LogP) is 4.00. The van der Waals surface area contributed by atoms with E-state index in [9.17, 15) is 9.59 Å². The second kappa shape index (κ2) is 10.1. The summed E-state index contributed by atoms with van der Waals surface area (Å²) >= 11 is 0. The molecular weight excluding hydrogens is 364 g/mol. The van der Waals surface area contributed by atoms with Gasteiger partial charge in [0.05, 0.1) is 13.2 Å². The molecule has 1 N–H and O–H groups in total. The quantitative estimate of drug-likeness (QED) is 0.736. The van der Waals surface area contributed by atoms with Gasteiger partial charge in [-0.3, -0.25) is 9.59 Å². The van der Waals surface area contributed by atoms with Crippen molar-refractivity contribution in [3.8, 4) is 5.75 Å². The van der Waals surface area contributed by atoms with Crippen molar-refractivity contribution in [1.82, 2.24) is 10.2 Å². The van der Waals surface area contributed by atoms with Crippen molar-refractivity contribution in [3.05, 3.63) is 65.7 Å². The Bertz CT molecular complexity index is 805. The lowest BCUT2D eigenvalue weighted by molar-refractivity contribution is -0.131. The summed E-state index contributed by atoms with van der Waals surface area (Å²) in [6.45, 7) is 5.45. The molecule has 1 aliphatic heterocycles. The number of carbonyl (C=O) groups excluding carboxylic acids is 2. The molecule has 0 radical (unpaired) electrons. The minimum atomic E-state index is -0.243. The normalized spacial score (nSPS) is 17.0. The van der Waals surface area contributed by atoms with Gasteiger partial charge in [-0.15, -0.1) is 0 Å². The Morgan fingerprint density at radius 3 is 2.48 bits per heavy atom. The van der Waals surface area contributed by atoms with Gasteiger partial charge in [-0.25, -0.2) is 0 Å². The summed E-state index contributed by atoms with van der Waals surface area (Å²) in [6, 6.07) is 17.6. The highest BCUT2D eigenvalue weighted by Crippen LogP contribution is 2.33. The summed E-state index contributed by atoms with van der Waals surface area (Å²) in [4.78, 5) is 27.2. The zero-order valence-corrected chi connectivity index (χ0v) is 17.3. The molecule has 2 amide bonds. The third-order valence-electron chi connectivity index (χ3n) is 5.58. The van der Waals surface area contributed by atoms with Crippen LogP contribution in [0.4, 0.5) is 0 Å². The first-order valence-corrected chi connectivity index (χ1v) is 10.5. The molecule has 0 saturated carbocycles. The topological polar surface area (TPSA) is 58.6 Å². The number of likely N-dealkylation sites (tertiary alicyclic amines) is 1. The summed E-state index contributed by atoms with van der Waals surface area (Å²) in [5, 5.41) is 2.77. The van der Waals surface area contributed by atoms with Gasteiger partial charge >= 0.3 is 0 Å². The molecule has 2 aromatic rings. The highest BCUT2D eigenvalue weighted by molar-refractivity contribution is 5.96. The second-order valence-corrected chi connectivity index (χ2v) is 7.36. The van der Waals surface area contributed by atoms with Crippen LogP contribution in [0.5, 0.6) is 5.75 Å². The maximum absolute atomic E-state index is 12.9. The summed E-state index contributed by atoms with van der Waals surface area (Å²) in [5.41, 5.74) is 1.80. The van der Waals surface area contributed by atoms with Gasteiger partial charge in [0.25, 0.3) is 5.91 Å². The molecule has 1 heterocycles. The van der Waals surface area contributed by atoms with Crippen LogP contribution in [-0.2, 0) is 4.79 Å². The average molecular weight is 395 g/mol. The van der Waals surface area contributed by atoms with Crippen molar-refractivity contribution in [2.75, 3.05) is 19.7 Å². The van der Waals surface area contributed by atoms with Gasteiger partial charge in [-0.2, -0.15) is 0 Å². The average Bonchev–Trinajstić information content (AvgIpc) is 3.23. The Kier molecular flexibility index (Phi) is 7.28. The van der Waals surface area contributed by atoms with Crippen LogP contribution >= 0.6 is 0 Å². The molecule has 2 atom stereocenters. The fourth-order valence-electron chi connectivity index (χ4n) is 4.18. The largest absolute Gasteiger partial charge is 0.494 e. The Hall–Kier alpha value is -2.82. The predicted molar refractivity (Wildman–Crippen MR) is 114 cm³/mol. The monoisotopic (exact) mass is 394 g/mol. The van der Waals surface area contributed by atoms with E-state index >= 15 is 0 Å². The fraction of sp³-hybridized carbons (Fsp3) is 0.417. The molecule has 2 aromatic carbocycles. The van der Waals surface area contributed by atoms with E-state index in [0.29, 0.717) is 18.1 Å². The van der Waals surface area contributed by atoms with Crippen molar-refractivity contribution >= 4 is 11.8 Å². The van der Waals surface area contributed by atoms with Crippen LogP contribution in [-0.4, -0.2) is 42.5 Å². The lowest BCUT2D eigenvalue weighted by Crippen LogP contribution is -2.44. The smallest absolute Gasteiger partial charge is 0.251 e.